The second kappa shape index (κ2) is 8.15. The number of hydrogen-bond acceptors (Lipinski definition) is 3. The average Bonchev–Trinajstić information content (AvgIpc) is 2.56. The Labute approximate surface area is 142 Å². The highest BCUT2D eigenvalue weighted by Gasteiger charge is 2.09. The lowest BCUT2D eigenvalue weighted by molar-refractivity contribution is -0.118. The first-order valence-electron chi connectivity index (χ1n) is 7.88. The number of benzene rings is 2. The van der Waals surface area contributed by atoms with Crippen molar-refractivity contribution in [2.75, 3.05) is 18.5 Å². The largest absolute Gasteiger partial charge is 0.483 e. The lowest BCUT2D eigenvalue weighted by Crippen LogP contribution is -2.23. The number of carbonyl (C=O) groups is 2. The summed E-state index contributed by atoms with van der Waals surface area (Å²) in [5, 5.41) is 5.46. The lowest BCUT2D eigenvalue weighted by Gasteiger charge is -2.11. The Morgan fingerprint density at radius 3 is 2.58 bits per heavy atom. The van der Waals surface area contributed by atoms with E-state index in [0.717, 1.165) is 11.1 Å². The number of hydrogen-bond donors (Lipinski definition) is 2. The van der Waals surface area contributed by atoms with E-state index in [-0.39, 0.29) is 18.4 Å². The van der Waals surface area contributed by atoms with Gasteiger partial charge in [0.15, 0.2) is 6.61 Å². The van der Waals surface area contributed by atoms with Gasteiger partial charge < -0.3 is 15.4 Å². The minimum Gasteiger partial charge on any atom is -0.483 e. The number of carbonyl (C=O) groups excluding carboxylic acids is 2. The predicted molar refractivity (Wildman–Crippen MR) is 94.5 cm³/mol. The van der Waals surface area contributed by atoms with E-state index >= 15 is 0 Å². The Kier molecular flexibility index (Phi) is 5.95. The van der Waals surface area contributed by atoms with Crippen molar-refractivity contribution in [3.8, 4) is 5.75 Å². The number of anilines is 1. The van der Waals surface area contributed by atoms with Crippen LogP contribution in [0.15, 0.2) is 42.5 Å². The maximum absolute atomic E-state index is 12.1. The smallest absolute Gasteiger partial charge is 0.262 e. The molecule has 0 aliphatic heterocycles. The fourth-order valence-electron chi connectivity index (χ4n) is 2.22. The summed E-state index contributed by atoms with van der Waals surface area (Å²) in [6, 6.07) is 12.5. The highest BCUT2D eigenvalue weighted by atomic mass is 16.5. The van der Waals surface area contributed by atoms with Crippen molar-refractivity contribution in [3.05, 3.63) is 59.2 Å². The van der Waals surface area contributed by atoms with Gasteiger partial charge in [-0.3, -0.25) is 9.59 Å². The summed E-state index contributed by atoms with van der Waals surface area (Å²) in [6.07, 6.45) is 0. The van der Waals surface area contributed by atoms with Gasteiger partial charge in [0.25, 0.3) is 11.8 Å². The van der Waals surface area contributed by atoms with Crippen LogP contribution < -0.4 is 15.4 Å². The van der Waals surface area contributed by atoms with Crippen molar-refractivity contribution in [1.82, 2.24) is 5.32 Å². The van der Waals surface area contributed by atoms with E-state index in [1.54, 1.807) is 24.3 Å². The number of rotatable bonds is 6. The van der Waals surface area contributed by atoms with E-state index in [2.05, 4.69) is 10.6 Å². The molecule has 126 valence electrons. The summed E-state index contributed by atoms with van der Waals surface area (Å²) in [7, 11) is 0. The van der Waals surface area contributed by atoms with Gasteiger partial charge in [0.1, 0.15) is 5.75 Å². The molecule has 2 aromatic rings. The molecule has 0 aliphatic rings. The maximum Gasteiger partial charge on any atom is 0.262 e. The van der Waals surface area contributed by atoms with Crippen molar-refractivity contribution < 1.29 is 14.3 Å². The summed E-state index contributed by atoms with van der Waals surface area (Å²) in [6.45, 7) is 6.27. The maximum atomic E-state index is 12.1. The van der Waals surface area contributed by atoms with Crippen LogP contribution in [0.2, 0.25) is 0 Å². The molecule has 0 saturated carbocycles. The molecule has 0 saturated heterocycles. The predicted octanol–water partition coefficient (Wildman–Crippen LogP) is 3.07. The fourth-order valence-corrected chi connectivity index (χ4v) is 2.22. The summed E-state index contributed by atoms with van der Waals surface area (Å²) >= 11 is 0. The SMILES string of the molecule is CCNC(=O)c1cccc(NC(=O)COc2cccc(C)c2C)c1. The Morgan fingerprint density at radius 1 is 1.08 bits per heavy atom. The Hall–Kier alpha value is -2.82. The van der Waals surface area contributed by atoms with Crippen LogP contribution >= 0.6 is 0 Å². The zero-order valence-corrected chi connectivity index (χ0v) is 14.2. The van der Waals surface area contributed by atoms with Gasteiger partial charge in [0.2, 0.25) is 0 Å². The second-order valence-corrected chi connectivity index (χ2v) is 5.48. The summed E-state index contributed by atoms with van der Waals surface area (Å²) in [5.41, 5.74) is 3.20. The van der Waals surface area contributed by atoms with Gasteiger partial charge in [-0.15, -0.1) is 0 Å². The van der Waals surface area contributed by atoms with Crippen molar-refractivity contribution >= 4 is 17.5 Å². The third-order valence-electron chi connectivity index (χ3n) is 3.66. The zero-order valence-electron chi connectivity index (χ0n) is 14.2. The van der Waals surface area contributed by atoms with Crippen LogP contribution in [0.1, 0.15) is 28.4 Å². The molecule has 2 rings (SSSR count). The number of ether oxygens (including phenoxy) is 1. The Bertz CT molecular complexity index is 741. The van der Waals surface area contributed by atoms with Gasteiger partial charge in [-0.05, 0) is 56.2 Å². The van der Waals surface area contributed by atoms with E-state index in [1.807, 2.05) is 39.0 Å². The van der Waals surface area contributed by atoms with Gasteiger partial charge in [-0.2, -0.15) is 0 Å². The third-order valence-corrected chi connectivity index (χ3v) is 3.66. The van der Waals surface area contributed by atoms with Gasteiger partial charge >= 0.3 is 0 Å². The van der Waals surface area contributed by atoms with Crippen LogP contribution in [-0.4, -0.2) is 25.0 Å². The van der Waals surface area contributed by atoms with Crippen LogP contribution in [0.25, 0.3) is 0 Å². The monoisotopic (exact) mass is 326 g/mol. The van der Waals surface area contributed by atoms with Crippen LogP contribution in [-0.2, 0) is 4.79 Å². The van der Waals surface area contributed by atoms with Gasteiger partial charge in [0.05, 0.1) is 0 Å². The minimum absolute atomic E-state index is 0.0876. The van der Waals surface area contributed by atoms with E-state index < -0.39 is 0 Å². The molecule has 0 atom stereocenters. The Morgan fingerprint density at radius 2 is 1.83 bits per heavy atom. The summed E-state index contributed by atoms with van der Waals surface area (Å²) in [5.74, 6) is 0.255. The Balaban J connectivity index is 1.96. The molecule has 0 unspecified atom stereocenters. The molecule has 5 nitrogen and oxygen atoms in total. The van der Waals surface area contributed by atoms with Gasteiger partial charge in [-0.25, -0.2) is 0 Å². The van der Waals surface area contributed by atoms with Crippen LogP contribution in [0.3, 0.4) is 0 Å². The normalized spacial score (nSPS) is 10.1. The molecule has 0 aliphatic carbocycles. The average molecular weight is 326 g/mol. The van der Waals surface area contributed by atoms with Crippen molar-refractivity contribution in [1.29, 1.82) is 0 Å². The molecule has 2 amide bonds. The molecule has 0 aromatic heterocycles. The minimum atomic E-state index is -0.274. The number of nitrogens with one attached hydrogen (secondary N) is 2. The number of amides is 2. The molecule has 0 heterocycles. The fraction of sp³-hybridized carbons (Fsp3) is 0.263. The molecule has 0 spiro atoms. The van der Waals surface area contributed by atoms with E-state index in [1.165, 1.54) is 0 Å². The zero-order chi connectivity index (χ0) is 17.5. The van der Waals surface area contributed by atoms with Crippen molar-refractivity contribution in [2.24, 2.45) is 0 Å². The van der Waals surface area contributed by atoms with Crippen LogP contribution in [0, 0.1) is 13.8 Å². The first-order chi connectivity index (χ1) is 11.5. The molecule has 0 bridgehead atoms. The molecule has 24 heavy (non-hydrogen) atoms. The van der Waals surface area contributed by atoms with Gasteiger partial charge in [0, 0.05) is 17.8 Å². The molecular weight excluding hydrogens is 304 g/mol. The topological polar surface area (TPSA) is 67.4 Å². The first-order valence-corrected chi connectivity index (χ1v) is 7.88. The quantitative estimate of drug-likeness (QED) is 0.857. The first kappa shape index (κ1) is 17.5. The summed E-state index contributed by atoms with van der Waals surface area (Å²) in [4.78, 5) is 23.9. The van der Waals surface area contributed by atoms with Crippen LogP contribution in [0.5, 0.6) is 5.75 Å². The van der Waals surface area contributed by atoms with E-state index in [0.29, 0.717) is 23.5 Å². The molecule has 5 heteroatoms. The standard InChI is InChI=1S/C19H22N2O3/c1-4-20-19(23)15-8-6-9-16(11-15)21-18(22)12-24-17-10-5-7-13(2)14(17)3/h5-11H,4,12H2,1-3H3,(H,20,23)(H,21,22). The van der Waals surface area contributed by atoms with Gasteiger partial charge in [-0.1, -0.05) is 18.2 Å². The third kappa shape index (κ3) is 4.59. The van der Waals surface area contributed by atoms with E-state index in [9.17, 15) is 9.59 Å². The van der Waals surface area contributed by atoms with Crippen molar-refractivity contribution in [2.45, 2.75) is 20.8 Å². The highest BCUT2D eigenvalue weighted by molar-refractivity contribution is 5.97. The molecule has 0 fully saturated rings. The lowest BCUT2D eigenvalue weighted by atomic mass is 10.1. The summed E-state index contributed by atoms with van der Waals surface area (Å²) < 4.78 is 5.58. The van der Waals surface area contributed by atoms with Crippen molar-refractivity contribution in [3.63, 3.8) is 0 Å². The molecule has 0 radical (unpaired) electrons. The second-order valence-electron chi connectivity index (χ2n) is 5.48. The number of aryl methyl sites for hydroxylation is 1. The molecule has 2 N–H and O–H groups in total. The molecule has 2 aromatic carbocycles. The van der Waals surface area contributed by atoms with Crippen LogP contribution in [0.4, 0.5) is 5.69 Å². The highest BCUT2D eigenvalue weighted by Crippen LogP contribution is 2.20. The molecular formula is C19H22N2O3. The van der Waals surface area contributed by atoms with E-state index in [4.69, 9.17) is 4.74 Å².